The number of nitrogens with zero attached hydrogens (tertiary/aromatic N) is 3. The number of hydrogen-bond acceptors (Lipinski definition) is 8. The van der Waals surface area contributed by atoms with E-state index in [-0.39, 0.29) is 28.4 Å². The first-order valence-electron chi connectivity index (χ1n) is 17.0. The molecule has 14 heteroatoms. The Morgan fingerprint density at radius 3 is 1.88 bits per heavy atom. The highest BCUT2D eigenvalue weighted by atomic mass is 19.2. The lowest BCUT2D eigenvalue weighted by molar-refractivity contribution is -0.387. The molecule has 2 aliphatic rings. The topological polar surface area (TPSA) is 140 Å². The molecule has 2 heterocycles. The van der Waals surface area contributed by atoms with E-state index in [2.05, 4.69) is 45.3 Å². The van der Waals surface area contributed by atoms with Crippen LogP contribution in [0.3, 0.4) is 0 Å². The quantitative estimate of drug-likeness (QED) is 0.183. The third-order valence-electron chi connectivity index (χ3n) is 9.32. The minimum atomic E-state index is -1.42. The van der Waals surface area contributed by atoms with Gasteiger partial charge in [0.25, 0.3) is 5.69 Å². The number of piperidine rings is 2. The van der Waals surface area contributed by atoms with Crippen LogP contribution < -0.4 is 15.5 Å². The van der Waals surface area contributed by atoms with Crippen LogP contribution in [-0.2, 0) is 11.3 Å². The molecule has 0 aromatic heterocycles. The standard InChI is InChI=1S/C16H24N2O2.C15H21FN2O2.C6H3F2NO2/c1-16(2,14-8-10-17-11-9-14)18-15(19)20-12-13-6-4-3-5-7-13;1-15(2,3)11-7-9-17(10-8-11)14-12(16)5-4-6-13(14)18(19)20;7-4-2-1-3-5(6(4)8)9(10)11/h3-7,14,17H,8-12H2,1-2H3,(H,18,19);4-6,11H,7-10H2,1-3H3;1-3H. The van der Waals surface area contributed by atoms with Gasteiger partial charge in [0, 0.05) is 30.8 Å². The van der Waals surface area contributed by atoms with Gasteiger partial charge in [0.1, 0.15) is 6.61 Å². The first kappa shape index (κ1) is 40.7. The fraction of sp³-hybridized carbons (Fsp3) is 0.486. The maximum absolute atomic E-state index is 14.0. The van der Waals surface area contributed by atoms with Crippen molar-refractivity contribution in [3.8, 4) is 0 Å². The van der Waals surface area contributed by atoms with E-state index in [1.807, 2.05) is 35.2 Å². The Morgan fingerprint density at radius 2 is 1.35 bits per heavy atom. The Morgan fingerprint density at radius 1 is 0.804 bits per heavy atom. The Balaban J connectivity index is 0.000000216. The third-order valence-corrected chi connectivity index (χ3v) is 9.32. The van der Waals surface area contributed by atoms with Gasteiger partial charge < -0.3 is 20.3 Å². The smallest absolute Gasteiger partial charge is 0.407 e. The molecule has 0 bridgehead atoms. The minimum Gasteiger partial charge on any atom is -0.445 e. The first-order chi connectivity index (χ1) is 24.0. The van der Waals surface area contributed by atoms with Gasteiger partial charge in [0.2, 0.25) is 5.82 Å². The van der Waals surface area contributed by atoms with Gasteiger partial charge in [0.05, 0.1) is 9.85 Å². The number of nitrogens with one attached hydrogen (secondary N) is 2. The zero-order valence-electron chi connectivity index (χ0n) is 29.8. The largest absolute Gasteiger partial charge is 0.445 e. The summed E-state index contributed by atoms with van der Waals surface area (Å²) in [5.41, 5.74) is 0.166. The van der Waals surface area contributed by atoms with Crippen molar-refractivity contribution in [3.05, 3.63) is 110 Å². The summed E-state index contributed by atoms with van der Waals surface area (Å²) in [7, 11) is 0. The Kier molecular flexibility index (Phi) is 14.8. The van der Waals surface area contributed by atoms with E-state index >= 15 is 0 Å². The molecule has 3 aromatic rings. The number of alkyl carbamates (subject to hydrolysis) is 1. The number of para-hydroxylation sites is 1. The molecule has 0 unspecified atom stereocenters. The number of nitro groups is 2. The summed E-state index contributed by atoms with van der Waals surface area (Å²) < 4.78 is 44.0. The summed E-state index contributed by atoms with van der Waals surface area (Å²) in [6.07, 6.45) is 3.72. The first-order valence-corrected chi connectivity index (χ1v) is 17.0. The van der Waals surface area contributed by atoms with Crippen LogP contribution in [0.15, 0.2) is 66.7 Å². The van der Waals surface area contributed by atoms with E-state index in [1.54, 1.807) is 0 Å². The highest BCUT2D eigenvalue weighted by Gasteiger charge is 2.33. The summed E-state index contributed by atoms with van der Waals surface area (Å²) in [6, 6.07) is 16.6. The van der Waals surface area contributed by atoms with Crippen molar-refractivity contribution in [1.82, 2.24) is 10.6 Å². The third kappa shape index (κ3) is 12.2. The predicted octanol–water partition coefficient (Wildman–Crippen LogP) is 8.56. The van der Waals surface area contributed by atoms with E-state index in [4.69, 9.17) is 4.74 Å². The van der Waals surface area contributed by atoms with Crippen LogP contribution in [0.5, 0.6) is 0 Å². The lowest BCUT2D eigenvalue weighted by atomic mass is 9.75. The van der Waals surface area contributed by atoms with Gasteiger partial charge >= 0.3 is 11.8 Å². The van der Waals surface area contributed by atoms with Gasteiger partial charge in [-0.3, -0.25) is 20.2 Å². The van der Waals surface area contributed by atoms with Gasteiger partial charge in [-0.25, -0.2) is 13.6 Å². The number of anilines is 1. The molecule has 278 valence electrons. The number of rotatable bonds is 7. The van der Waals surface area contributed by atoms with Crippen LogP contribution in [0.25, 0.3) is 0 Å². The Hall–Kier alpha value is -4.72. The maximum atomic E-state index is 14.0. The lowest BCUT2D eigenvalue weighted by Gasteiger charge is -2.39. The number of ether oxygens (including phenoxy) is 1. The second-order valence-electron chi connectivity index (χ2n) is 14.3. The number of carbonyl (C=O) groups is 1. The fourth-order valence-electron chi connectivity index (χ4n) is 6.23. The summed E-state index contributed by atoms with van der Waals surface area (Å²) >= 11 is 0. The number of amides is 1. The summed E-state index contributed by atoms with van der Waals surface area (Å²) in [4.78, 5) is 33.3. The second-order valence-corrected chi connectivity index (χ2v) is 14.3. The van der Waals surface area contributed by atoms with Crippen molar-refractivity contribution in [3.63, 3.8) is 0 Å². The van der Waals surface area contributed by atoms with Gasteiger partial charge in [-0.15, -0.1) is 0 Å². The van der Waals surface area contributed by atoms with Gasteiger partial charge in [-0.1, -0.05) is 63.2 Å². The fourth-order valence-corrected chi connectivity index (χ4v) is 6.23. The molecule has 0 atom stereocenters. The normalized spacial score (nSPS) is 15.4. The summed E-state index contributed by atoms with van der Waals surface area (Å²) in [5.74, 6) is -2.07. The molecule has 2 saturated heterocycles. The molecule has 0 aliphatic carbocycles. The Bertz CT molecular complexity index is 1610. The van der Waals surface area contributed by atoms with Crippen LogP contribution >= 0.6 is 0 Å². The maximum Gasteiger partial charge on any atom is 0.407 e. The van der Waals surface area contributed by atoms with Crippen molar-refractivity contribution in [2.75, 3.05) is 31.1 Å². The highest BCUT2D eigenvalue weighted by molar-refractivity contribution is 5.68. The Labute approximate surface area is 296 Å². The van der Waals surface area contributed by atoms with E-state index in [0.717, 1.165) is 62.5 Å². The lowest BCUT2D eigenvalue weighted by Crippen LogP contribution is -2.52. The average molecular weight is 716 g/mol. The molecule has 11 nitrogen and oxygen atoms in total. The van der Waals surface area contributed by atoms with E-state index in [9.17, 15) is 38.2 Å². The molecule has 0 spiro atoms. The van der Waals surface area contributed by atoms with E-state index < -0.39 is 33.0 Å². The van der Waals surface area contributed by atoms with Crippen LogP contribution in [-0.4, -0.2) is 47.7 Å². The monoisotopic (exact) mass is 715 g/mol. The molecule has 0 saturated carbocycles. The molecule has 2 N–H and O–H groups in total. The number of hydrogen-bond donors (Lipinski definition) is 2. The van der Waals surface area contributed by atoms with Crippen LogP contribution in [0.4, 0.5) is 35.0 Å². The van der Waals surface area contributed by atoms with Crippen LogP contribution in [0, 0.1) is 54.9 Å². The highest BCUT2D eigenvalue weighted by Crippen LogP contribution is 2.38. The van der Waals surface area contributed by atoms with Gasteiger partial charge in [-0.05, 0) is 87.6 Å². The number of nitro benzene ring substituents is 2. The molecule has 3 aromatic carbocycles. The second kappa shape index (κ2) is 18.5. The van der Waals surface area contributed by atoms with Crippen LogP contribution in [0.2, 0.25) is 0 Å². The van der Waals surface area contributed by atoms with Crippen molar-refractivity contribution >= 4 is 23.2 Å². The van der Waals surface area contributed by atoms with E-state index in [0.29, 0.717) is 31.5 Å². The van der Waals surface area contributed by atoms with Crippen molar-refractivity contribution < 1.29 is 32.5 Å². The number of benzene rings is 3. The summed E-state index contributed by atoms with van der Waals surface area (Å²) in [5, 5.41) is 27.4. The molecule has 1 amide bonds. The molecular formula is C37H48F3N5O6. The molecule has 2 fully saturated rings. The van der Waals surface area contributed by atoms with Crippen LogP contribution in [0.1, 0.15) is 65.9 Å². The predicted molar refractivity (Wildman–Crippen MR) is 190 cm³/mol. The van der Waals surface area contributed by atoms with Gasteiger partial charge in [-0.2, -0.15) is 4.39 Å². The molecule has 51 heavy (non-hydrogen) atoms. The van der Waals surface area contributed by atoms with Crippen molar-refractivity contribution in [2.24, 2.45) is 17.3 Å². The molecule has 0 radical (unpaired) electrons. The zero-order chi connectivity index (χ0) is 37.8. The SMILES string of the molecule is CC(C)(C)C1CCN(c2c(F)cccc2[N+](=O)[O-])CC1.CC(C)(NC(=O)OCc1ccccc1)C1CCNCC1.O=[N+]([O-])c1cccc(F)c1F. The minimum absolute atomic E-state index is 0.140. The zero-order valence-corrected chi connectivity index (χ0v) is 29.8. The van der Waals surface area contributed by atoms with Crippen molar-refractivity contribution in [2.45, 2.75) is 72.4 Å². The number of carbonyl (C=O) groups excluding carboxylic acids is 1. The molecule has 2 aliphatic heterocycles. The van der Waals surface area contributed by atoms with Gasteiger partial charge in [0.15, 0.2) is 17.3 Å². The van der Waals surface area contributed by atoms with Crippen molar-refractivity contribution in [1.29, 1.82) is 0 Å². The average Bonchev–Trinajstić information content (AvgIpc) is 3.09. The summed E-state index contributed by atoms with van der Waals surface area (Å²) in [6.45, 7) is 14.5. The number of halogens is 3. The molecule has 5 rings (SSSR count). The molecular weight excluding hydrogens is 667 g/mol. The van der Waals surface area contributed by atoms with E-state index in [1.165, 1.54) is 18.2 Å².